The van der Waals surface area contributed by atoms with E-state index in [0.717, 1.165) is 41.9 Å². The van der Waals surface area contributed by atoms with Crippen LogP contribution >= 0.6 is 0 Å². The Morgan fingerprint density at radius 2 is 1.72 bits per heavy atom. The van der Waals surface area contributed by atoms with E-state index >= 15 is 0 Å². The molecule has 1 N–H and O–H groups in total. The van der Waals surface area contributed by atoms with Gasteiger partial charge in [0.05, 0.1) is 46.0 Å². The maximum absolute atomic E-state index is 8.73. The van der Waals surface area contributed by atoms with Gasteiger partial charge >= 0.3 is 5.82 Å². The van der Waals surface area contributed by atoms with E-state index in [0.29, 0.717) is 18.8 Å². The number of allylic oxidation sites excluding steroid dienone is 5. The lowest BCUT2D eigenvalue weighted by Gasteiger charge is -2.33. The topological polar surface area (TPSA) is 41.4 Å². The van der Waals surface area contributed by atoms with Crippen molar-refractivity contribution in [2.45, 2.75) is 20.3 Å². The molecular weight excluding hydrogens is 316 g/mol. The highest BCUT2D eigenvalue weighted by atomic mass is 16.5. The Morgan fingerprint density at radius 3 is 2.24 bits per heavy atom. The van der Waals surface area contributed by atoms with Gasteiger partial charge in [-0.25, -0.2) is 0 Å². The second-order valence-corrected chi connectivity index (χ2v) is 6.80. The van der Waals surface area contributed by atoms with Gasteiger partial charge in [0.1, 0.15) is 19.7 Å². The highest BCUT2D eigenvalue weighted by Crippen LogP contribution is 2.25. The molecule has 0 aromatic heterocycles. The zero-order valence-corrected chi connectivity index (χ0v) is 15.7. The number of rotatable bonds is 9. The third-order valence-electron chi connectivity index (χ3n) is 4.27. The quantitative estimate of drug-likeness (QED) is 0.397. The van der Waals surface area contributed by atoms with E-state index in [9.17, 15) is 0 Å². The Kier molecular flexibility index (Phi) is 8.37. The molecular formula is C19H29N4O2+. The van der Waals surface area contributed by atoms with Gasteiger partial charge in [0, 0.05) is 24.4 Å². The third-order valence-corrected chi connectivity index (χ3v) is 4.27. The highest BCUT2D eigenvalue weighted by Gasteiger charge is 2.20. The highest BCUT2D eigenvalue weighted by molar-refractivity contribution is 5.46. The largest absolute Gasteiger partial charge is 0.526 e. The first-order chi connectivity index (χ1) is 11.8. The van der Waals surface area contributed by atoms with Gasteiger partial charge in [-0.2, -0.15) is 9.69 Å². The van der Waals surface area contributed by atoms with Gasteiger partial charge in [-0.15, -0.1) is 0 Å². The number of nitrogens with zero attached hydrogens (tertiary/aromatic N) is 4. The summed E-state index contributed by atoms with van der Waals surface area (Å²) >= 11 is 0. The van der Waals surface area contributed by atoms with Gasteiger partial charge in [0.25, 0.3) is 0 Å². The molecule has 1 aliphatic heterocycles. The van der Waals surface area contributed by atoms with Crippen LogP contribution in [0, 0.1) is 13.1 Å². The van der Waals surface area contributed by atoms with Gasteiger partial charge in [-0.05, 0) is 26.0 Å². The van der Waals surface area contributed by atoms with Crippen LogP contribution in [-0.2, 0) is 4.74 Å². The molecule has 0 saturated carbocycles. The summed E-state index contributed by atoms with van der Waals surface area (Å²) in [4.78, 5) is 8.83. The molecule has 1 rings (SSSR count). The molecule has 0 aromatic rings. The standard InChI is InChI=1S/C19H29N4O2/c1-16-14-18(19(20-3)21-4)15-17(2)22(16)8-7-9-23(5,6)10-12-25-13-11-24/h14-15,24H,7-13H2,1-2,5-6H3/q+1. The third kappa shape index (κ3) is 6.72. The van der Waals surface area contributed by atoms with Crippen LogP contribution in [0.2, 0.25) is 0 Å². The molecule has 1 aliphatic rings. The van der Waals surface area contributed by atoms with E-state index in [1.165, 1.54) is 0 Å². The minimum Gasteiger partial charge on any atom is -0.394 e. The Labute approximate surface area is 151 Å². The molecule has 25 heavy (non-hydrogen) atoms. The van der Waals surface area contributed by atoms with Gasteiger partial charge in [0.2, 0.25) is 0 Å². The van der Waals surface area contributed by atoms with E-state index in [1.807, 2.05) is 26.0 Å². The molecule has 0 aliphatic carbocycles. The summed E-state index contributed by atoms with van der Waals surface area (Å²) < 4.78 is 6.23. The first kappa shape index (κ1) is 20.9. The number of aliphatic hydroxyl groups is 1. The summed E-state index contributed by atoms with van der Waals surface area (Å²) in [6, 6.07) is 0. The number of hydrogen-bond acceptors (Lipinski definition) is 3. The van der Waals surface area contributed by atoms with Crippen LogP contribution in [0.4, 0.5) is 0 Å². The van der Waals surface area contributed by atoms with Crippen LogP contribution in [0.15, 0.2) is 34.9 Å². The van der Waals surface area contributed by atoms with E-state index in [1.54, 1.807) is 0 Å². The van der Waals surface area contributed by atoms with Crippen molar-refractivity contribution in [1.29, 1.82) is 0 Å². The van der Waals surface area contributed by atoms with E-state index in [4.69, 9.17) is 23.0 Å². The van der Waals surface area contributed by atoms with Crippen molar-refractivity contribution >= 4 is 0 Å². The van der Waals surface area contributed by atoms with Crippen molar-refractivity contribution in [1.82, 2.24) is 4.90 Å². The van der Waals surface area contributed by atoms with Crippen molar-refractivity contribution in [2.24, 2.45) is 0 Å². The molecule has 0 fully saturated rings. The van der Waals surface area contributed by atoms with Crippen LogP contribution < -0.4 is 0 Å². The second kappa shape index (κ2) is 10.0. The molecule has 0 amide bonds. The number of hydrogen-bond donors (Lipinski definition) is 1. The summed E-state index contributed by atoms with van der Waals surface area (Å²) in [5.74, 6) is 0.124. The van der Waals surface area contributed by atoms with Crippen molar-refractivity contribution in [2.75, 3.05) is 53.6 Å². The fraction of sp³-hybridized carbons (Fsp3) is 0.579. The van der Waals surface area contributed by atoms with Crippen LogP contribution in [0.25, 0.3) is 9.69 Å². The summed E-state index contributed by atoms with van der Waals surface area (Å²) in [5.41, 5.74) is 2.83. The first-order valence-corrected chi connectivity index (χ1v) is 8.48. The summed E-state index contributed by atoms with van der Waals surface area (Å²) in [5, 5.41) is 8.73. The Morgan fingerprint density at radius 1 is 1.12 bits per heavy atom. The molecule has 0 atom stereocenters. The van der Waals surface area contributed by atoms with E-state index < -0.39 is 0 Å². The van der Waals surface area contributed by atoms with Gasteiger partial charge < -0.3 is 19.2 Å². The van der Waals surface area contributed by atoms with Crippen molar-refractivity contribution in [3.63, 3.8) is 0 Å². The minimum atomic E-state index is 0.0682. The summed E-state index contributed by atoms with van der Waals surface area (Å²) in [7, 11) is 4.37. The maximum Gasteiger partial charge on any atom is 0.526 e. The van der Waals surface area contributed by atoms with Gasteiger partial charge in [-0.3, -0.25) is 0 Å². The molecule has 1 heterocycles. The van der Waals surface area contributed by atoms with Crippen LogP contribution in [0.5, 0.6) is 0 Å². The van der Waals surface area contributed by atoms with Crippen molar-refractivity contribution in [3.8, 4) is 0 Å². The number of quaternary nitrogens is 1. The molecule has 0 aromatic carbocycles. The predicted octanol–water partition coefficient (Wildman–Crippen LogP) is 2.64. The van der Waals surface area contributed by atoms with Crippen LogP contribution in [0.3, 0.4) is 0 Å². The molecule has 0 spiro atoms. The van der Waals surface area contributed by atoms with E-state index in [2.05, 4.69) is 28.7 Å². The molecule has 136 valence electrons. The maximum atomic E-state index is 8.73. The minimum absolute atomic E-state index is 0.0682. The summed E-state index contributed by atoms with van der Waals surface area (Å²) in [6.45, 7) is 22.2. The fourth-order valence-corrected chi connectivity index (χ4v) is 2.81. The second-order valence-electron chi connectivity index (χ2n) is 6.80. The van der Waals surface area contributed by atoms with Crippen LogP contribution in [0.1, 0.15) is 20.3 Å². The predicted molar refractivity (Wildman–Crippen MR) is 98.8 cm³/mol. The Balaban J connectivity index is 2.58. The molecule has 0 saturated heterocycles. The zero-order chi connectivity index (χ0) is 18.9. The lowest BCUT2D eigenvalue weighted by molar-refractivity contribution is -0.890. The zero-order valence-electron chi connectivity index (χ0n) is 15.7. The molecule has 6 heteroatoms. The molecule has 6 nitrogen and oxygen atoms in total. The smallest absolute Gasteiger partial charge is 0.394 e. The normalized spacial score (nSPS) is 14.5. The Bertz CT molecular complexity index is 595. The molecule has 0 radical (unpaired) electrons. The van der Waals surface area contributed by atoms with Crippen molar-refractivity contribution < 1.29 is 14.3 Å². The van der Waals surface area contributed by atoms with E-state index in [-0.39, 0.29) is 12.4 Å². The van der Waals surface area contributed by atoms with Crippen LogP contribution in [-0.4, -0.2) is 68.0 Å². The Hall–Kier alpha value is -2.12. The van der Waals surface area contributed by atoms with Gasteiger partial charge in [-0.1, -0.05) is 0 Å². The monoisotopic (exact) mass is 345 g/mol. The number of ether oxygens (including phenoxy) is 1. The average molecular weight is 345 g/mol. The lowest BCUT2D eigenvalue weighted by atomic mass is 10.1. The number of aliphatic hydroxyl groups excluding tert-OH is 1. The van der Waals surface area contributed by atoms with Crippen molar-refractivity contribution in [3.05, 3.63) is 57.8 Å². The van der Waals surface area contributed by atoms with Gasteiger partial charge in [0.15, 0.2) is 0 Å². The fourth-order valence-electron chi connectivity index (χ4n) is 2.81. The average Bonchev–Trinajstić information content (AvgIpc) is 2.55. The lowest BCUT2D eigenvalue weighted by Crippen LogP contribution is -2.44. The SMILES string of the molecule is [C-]#[N+]C([N+]#[C-])=C1C=C(C)N(CCC[N+](C)(C)CCOCCO)C(C)=C1. The number of likely N-dealkylation sites (N-methyl/N-ethyl adjacent to an activating group) is 1. The summed E-state index contributed by atoms with van der Waals surface area (Å²) in [6.07, 6.45) is 4.86. The first-order valence-electron chi connectivity index (χ1n) is 8.48. The molecule has 0 bridgehead atoms. The molecule has 0 unspecified atom stereocenters.